The topological polar surface area (TPSA) is 159 Å². The van der Waals surface area contributed by atoms with E-state index in [0.717, 1.165) is 118 Å². The summed E-state index contributed by atoms with van der Waals surface area (Å²) in [6.45, 7) is 17.0. The van der Waals surface area contributed by atoms with Crippen LogP contribution in [0.2, 0.25) is 0 Å². The zero-order valence-corrected chi connectivity index (χ0v) is 40.6. The maximum Gasteiger partial charge on any atom is 0.00768 e. The fourth-order valence-electron chi connectivity index (χ4n) is 5.02. The molecule has 0 radical (unpaired) electrons. The third-order valence-corrected chi connectivity index (χ3v) is 7.13. The van der Waals surface area contributed by atoms with E-state index in [1.807, 2.05) is 0 Å². The Balaban J connectivity index is -0.000000241. The minimum atomic E-state index is 0. The molecule has 2 heterocycles. The molecule has 2 saturated heterocycles. The lowest BCUT2D eigenvalue weighted by Gasteiger charge is -2.21. The molecule has 12 N–H and O–H groups in total. The van der Waals surface area contributed by atoms with Gasteiger partial charge in [0.1, 0.15) is 0 Å². The van der Waals surface area contributed by atoms with Crippen molar-refractivity contribution in [3.8, 4) is 0 Å². The summed E-state index contributed by atoms with van der Waals surface area (Å²) in [5.41, 5.74) is 2.90. The van der Waals surface area contributed by atoms with Crippen LogP contribution in [0.5, 0.6) is 0 Å². The second kappa shape index (κ2) is 47.7. The van der Waals surface area contributed by atoms with Crippen molar-refractivity contribution in [3.63, 3.8) is 0 Å². The van der Waals surface area contributed by atoms with Crippen LogP contribution >= 0.6 is 136 Å². The van der Waals surface area contributed by atoms with Gasteiger partial charge >= 0.3 is 0 Å². The molecule has 18 heteroatoms. The third-order valence-electron chi connectivity index (χ3n) is 7.13. The summed E-state index contributed by atoms with van der Waals surface area (Å²) in [6.07, 6.45) is 4.63. The van der Waals surface area contributed by atoms with Gasteiger partial charge in [-0.15, -0.1) is 136 Å². The van der Waals surface area contributed by atoms with Crippen LogP contribution in [0.3, 0.4) is 0 Å². The van der Waals surface area contributed by atoms with Gasteiger partial charge in [0, 0.05) is 52.4 Å². The summed E-state index contributed by atoms with van der Waals surface area (Å²) in [7, 11) is 0. The molecule has 0 aliphatic carbocycles. The highest BCUT2D eigenvalue weighted by Crippen LogP contribution is 2.13. The predicted octanol–water partition coefficient (Wildman–Crippen LogP) is 2.50. The highest BCUT2D eigenvalue weighted by atomic mass is 79.9. The van der Waals surface area contributed by atoms with Crippen LogP contribution in [0, 0.1) is 11.8 Å². The van der Waals surface area contributed by atoms with E-state index in [4.69, 9.17) is 0 Å². The Hall–Kier alpha value is 2.66. The molecule has 46 heavy (non-hydrogen) atoms. The van der Waals surface area contributed by atoms with Gasteiger partial charge in [0.25, 0.3) is 0 Å². The standard InChI is InChI=1S/C28H54N8.8BrH.2H2O/c1-7-29-11-15-33-21-27(22-34-16-12-30-8-1)19-25-3-5-26(6-4-25)20-28-23-35-17-13-31-9-2-10-32-14-18-36-24-28;;;;;;;;;;/h3-6,27-36H,1-2,7-24H2;8*1H;2*1H2. The zero-order valence-electron chi connectivity index (χ0n) is 26.9. The minimum Gasteiger partial charge on any atom is -0.412 e. The van der Waals surface area contributed by atoms with E-state index in [-0.39, 0.29) is 147 Å². The first-order valence-corrected chi connectivity index (χ1v) is 14.6. The predicted molar refractivity (Wildman–Crippen MR) is 243 cm³/mol. The molecule has 0 unspecified atom stereocenters. The van der Waals surface area contributed by atoms with Crippen molar-refractivity contribution in [2.75, 3.05) is 105 Å². The summed E-state index contributed by atoms with van der Waals surface area (Å²) in [4.78, 5) is 0. The van der Waals surface area contributed by atoms with E-state index in [0.29, 0.717) is 11.8 Å². The van der Waals surface area contributed by atoms with E-state index in [1.165, 1.54) is 24.0 Å². The molecule has 2 fully saturated rings. The number of halogens is 8. The van der Waals surface area contributed by atoms with Gasteiger partial charge in [0.2, 0.25) is 0 Å². The van der Waals surface area contributed by atoms with Gasteiger partial charge in [0.15, 0.2) is 0 Å². The van der Waals surface area contributed by atoms with Gasteiger partial charge in [0.05, 0.1) is 0 Å². The molecule has 0 spiro atoms. The van der Waals surface area contributed by atoms with Crippen molar-refractivity contribution in [2.24, 2.45) is 11.8 Å². The van der Waals surface area contributed by atoms with Gasteiger partial charge < -0.3 is 53.5 Å². The van der Waals surface area contributed by atoms with Crippen molar-refractivity contribution < 1.29 is 11.0 Å². The lowest BCUT2D eigenvalue weighted by molar-refractivity contribution is 0.428. The maximum atomic E-state index is 3.67. The second-order valence-corrected chi connectivity index (χ2v) is 10.5. The van der Waals surface area contributed by atoms with Crippen LogP contribution in [0.4, 0.5) is 0 Å². The highest BCUT2D eigenvalue weighted by molar-refractivity contribution is 8.93. The van der Waals surface area contributed by atoms with Crippen LogP contribution < -0.4 is 42.5 Å². The largest absolute Gasteiger partial charge is 0.412 e. The number of nitrogens with one attached hydrogen (secondary N) is 8. The van der Waals surface area contributed by atoms with Crippen molar-refractivity contribution >= 4 is 136 Å². The molecule has 0 bridgehead atoms. The van der Waals surface area contributed by atoms with Crippen LogP contribution in [-0.2, 0) is 12.8 Å². The average molecular weight is 1190 g/mol. The molecule has 0 aromatic heterocycles. The van der Waals surface area contributed by atoms with E-state index < -0.39 is 0 Å². The molecule has 3 rings (SSSR count). The van der Waals surface area contributed by atoms with E-state index >= 15 is 0 Å². The fourth-order valence-corrected chi connectivity index (χ4v) is 5.02. The number of hydrogen-bond acceptors (Lipinski definition) is 8. The zero-order chi connectivity index (χ0) is 24.9. The number of hydrogen-bond donors (Lipinski definition) is 8. The van der Waals surface area contributed by atoms with Crippen molar-refractivity contribution in [1.29, 1.82) is 0 Å². The monoisotopic (exact) mass is 1180 g/mol. The summed E-state index contributed by atoms with van der Waals surface area (Å²) >= 11 is 0. The van der Waals surface area contributed by atoms with E-state index in [9.17, 15) is 0 Å². The molecular formula is C28H66Br8N8O2. The number of benzene rings is 1. The van der Waals surface area contributed by atoms with Gasteiger partial charge in [-0.3, -0.25) is 0 Å². The summed E-state index contributed by atoms with van der Waals surface area (Å²) in [5.74, 6) is 1.21. The van der Waals surface area contributed by atoms with Gasteiger partial charge in [-0.05, 0) is 101 Å². The van der Waals surface area contributed by atoms with Crippen LogP contribution in [0.1, 0.15) is 24.0 Å². The Morgan fingerprint density at radius 2 is 0.565 bits per heavy atom. The molecule has 1 aromatic rings. The lowest BCUT2D eigenvalue weighted by Crippen LogP contribution is -2.39. The normalized spacial score (nSPS) is 17.9. The molecule has 286 valence electrons. The van der Waals surface area contributed by atoms with E-state index in [2.05, 4.69) is 66.8 Å². The van der Waals surface area contributed by atoms with Gasteiger partial charge in [-0.2, -0.15) is 0 Å². The van der Waals surface area contributed by atoms with Crippen molar-refractivity contribution in [2.45, 2.75) is 25.7 Å². The summed E-state index contributed by atoms with van der Waals surface area (Å²) in [5, 5.41) is 28.8. The fraction of sp³-hybridized carbons (Fsp3) is 0.786. The van der Waals surface area contributed by atoms with Gasteiger partial charge in [-0.25, -0.2) is 0 Å². The van der Waals surface area contributed by atoms with Crippen molar-refractivity contribution in [1.82, 2.24) is 42.5 Å². The molecular weight excluding hydrogens is 1120 g/mol. The minimum absolute atomic E-state index is 0. The number of rotatable bonds is 4. The van der Waals surface area contributed by atoms with Crippen LogP contribution in [-0.4, -0.2) is 116 Å². The smallest absolute Gasteiger partial charge is 0.00768 e. The first-order valence-electron chi connectivity index (χ1n) is 14.6. The van der Waals surface area contributed by atoms with Crippen molar-refractivity contribution in [3.05, 3.63) is 35.4 Å². The summed E-state index contributed by atoms with van der Waals surface area (Å²) in [6, 6.07) is 9.45. The lowest BCUT2D eigenvalue weighted by atomic mass is 9.95. The third kappa shape index (κ3) is 35.1. The average Bonchev–Trinajstić information content (AvgIpc) is 2.89. The second-order valence-electron chi connectivity index (χ2n) is 10.5. The molecule has 0 atom stereocenters. The Kier molecular flexibility index (Phi) is 69.3. The quantitative estimate of drug-likeness (QED) is 0.229. The molecule has 0 saturated carbocycles. The van der Waals surface area contributed by atoms with E-state index in [1.54, 1.807) is 0 Å². The Labute approximate surface area is 363 Å². The summed E-state index contributed by atoms with van der Waals surface area (Å²) < 4.78 is 0. The highest BCUT2D eigenvalue weighted by Gasteiger charge is 2.12. The Morgan fingerprint density at radius 3 is 0.804 bits per heavy atom. The maximum absolute atomic E-state index is 3.67. The SMILES string of the molecule is Br.Br.Br.Br.Br.Br.Br.Br.O.O.c1cc(CC2CNCCNCCCNCCNC2)ccc1CC1CNCCNCCCNCCNC1. The van der Waals surface area contributed by atoms with Crippen LogP contribution in [0.15, 0.2) is 24.3 Å². The Morgan fingerprint density at radius 1 is 0.348 bits per heavy atom. The molecule has 2 aliphatic heterocycles. The molecule has 1 aromatic carbocycles. The molecule has 2 aliphatic rings. The Bertz CT molecular complexity index is 600. The molecule has 10 nitrogen and oxygen atoms in total. The first-order chi connectivity index (χ1) is 17.9. The van der Waals surface area contributed by atoms with Crippen LogP contribution in [0.25, 0.3) is 0 Å². The molecule has 0 amide bonds. The first kappa shape index (κ1) is 66.9. The van der Waals surface area contributed by atoms with Gasteiger partial charge in [-0.1, -0.05) is 24.3 Å².